The summed E-state index contributed by atoms with van der Waals surface area (Å²) in [6.07, 6.45) is 14.3. The number of aliphatic hydroxyl groups excluding tert-OH is 2. The van der Waals surface area contributed by atoms with Gasteiger partial charge in [-0.25, -0.2) is 0 Å². The van der Waals surface area contributed by atoms with E-state index >= 15 is 0 Å². The number of nitrogens with two attached hydrogens (primary N) is 2. The zero-order chi connectivity index (χ0) is 12.0. The standard InChI is InChI=1S/2C6H7NO.Fe/c2*7-6(8)5-3-1-2-4-5;/h2*1-4,8H,7H2;. The van der Waals surface area contributed by atoms with Gasteiger partial charge in [-0.05, 0) is 24.3 Å². The van der Waals surface area contributed by atoms with Gasteiger partial charge in [-0.3, -0.25) is 0 Å². The monoisotopic (exact) mass is 274 g/mol. The van der Waals surface area contributed by atoms with E-state index < -0.39 is 0 Å². The third-order valence-electron chi connectivity index (χ3n) is 1.92. The van der Waals surface area contributed by atoms with Gasteiger partial charge in [0.05, 0.1) is 0 Å². The normalized spacial score (nSPS) is 14.4. The van der Waals surface area contributed by atoms with E-state index in [1.54, 1.807) is 24.3 Å². The van der Waals surface area contributed by atoms with Crippen LogP contribution in [0, 0.1) is 0 Å². The van der Waals surface area contributed by atoms with Crippen LogP contribution in [0.1, 0.15) is 0 Å². The van der Waals surface area contributed by atoms with E-state index in [9.17, 15) is 0 Å². The van der Waals surface area contributed by atoms with Gasteiger partial charge in [-0.15, -0.1) is 0 Å². The molecule has 0 saturated heterocycles. The molecule has 0 aromatic heterocycles. The minimum absolute atomic E-state index is 0. The van der Waals surface area contributed by atoms with Gasteiger partial charge >= 0.3 is 0 Å². The molecule has 0 aromatic rings. The summed E-state index contributed by atoms with van der Waals surface area (Å²) in [5.41, 5.74) is 11.4. The van der Waals surface area contributed by atoms with Crippen LogP contribution in [-0.4, -0.2) is 10.2 Å². The number of allylic oxidation sites excluding steroid dienone is 10. The Balaban J connectivity index is 0.000000284. The van der Waals surface area contributed by atoms with E-state index in [0.717, 1.165) is 0 Å². The summed E-state index contributed by atoms with van der Waals surface area (Å²) in [7, 11) is 0. The fourth-order valence-corrected chi connectivity index (χ4v) is 1.09. The Bertz CT molecular complexity index is 365. The SMILES string of the molecule is NC(O)=C1C=CC=C1.NC(O)=C1C=CC=C1.[Fe]. The molecule has 0 aliphatic heterocycles. The van der Waals surface area contributed by atoms with Crippen LogP contribution in [0.2, 0.25) is 0 Å². The molecular formula is C12H14FeN2O2. The molecule has 2 aliphatic carbocycles. The van der Waals surface area contributed by atoms with Crippen molar-refractivity contribution >= 4 is 0 Å². The Labute approximate surface area is 110 Å². The maximum absolute atomic E-state index is 8.61. The molecule has 17 heavy (non-hydrogen) atoms. The summed E-state index contributed by atoms with van der Waals surface area (Å²) < 4.78 is 0. The molecule has 92 valence electrons. The minimum Gasteiger partial charge on any atom is -0.495 e. The zero-order valence-corrected chi connectivity index (χ0v) is 10.1. The Morgan fingerprint density at radius 1 is 0.706 bits per heavy atom. The predicted octanol–water partition coefficient (Wildman–Crippen LogP) is 1.68. The molecule has 0 aromatic carbocycles. The fraction of sp³-hybridized carbons (Fsp3) is 0. The third-order valence-corrected chi connectivity index (χ3v) is 1.92. The van der Waals surface area contributed by atoms with Gasteiger partial charge in [-0.1, -0.05) is 24.3 Å². The van der Waals surface area contributed by atoms with Crippen LogP contribution < -0.4 is 11.5 Å². The minimum atomic E-state index is -0.116. The van der Waals surface area contributed by atoms with Crippen LogP contribution in [0.3, 0.4) is 0 Å². The predicted molar refractivity (Wildman–Crippen MR) is 64.2 cm³/mol. The maximum atomic E-state index is 8.61. The second kappa shape index (κ2) is 7.44. The molecule has 0 spiro atoms. The Morgan fingerprint density at radius 3 is 1.06 bits per heavy atom. The van der Waals surface area contributed by atoms with Crippen molar-refractivity contribution in [3.8, 4) is 0 Å². The van der Waals surface area contributed by atoms with E-state index in [2.05, 4.69) is 0 Å². The van der Waals surface area contributed by atoms with Crippen molar-refractivity contribution < 1.29 is 27.3 Å². The topological polar surface area (TPSA) is 92.5 Å². The summed E-state index contributed by atoms with van der Waals surface area (Å²) >= 11 is 0. The molecular weight excluding hydrogens is 260 g/mol. The van der Waals surface area contributed by atoms with Crippen molar-refractivity contribution in [1.29, 1.82) is 0 Å². The van der Waals surface area contributed by atoms with Crippen LogP contribution in [0.5, 0.6) is 0 Å². The van der Waals surface area contributed by atoms with Gasteiger partial charge in [0, 0.05) is 28.2 Å². The summed E-state index contributed by atoms with van der Waals surface area (Å²) in [4.78, 5) is 0. The maximum Gasteiger partial charge on any atom is 0.188 e. The second-order valence-corrected chi connectivity index (χ2v) is 3.12. The first-order valence-electron chi connectivity index (χ1n) is 4.68. The average Bonchev–Trinajstić information content (AvgIpc) is 2.93. The van der Waals surface area contributed by atoms with Crippen molar-refractivity contribution in [3.05, 3.63) is 71.5 Å². The first-order valence-corrected chi connectivity index (χ1v) is 4.68. The van der Waals surface area contributed by atoms with Gasteiger partial charge in [0.15, 0.2) is 11.8 Å². The number of aliphatic hydroxyl groups is 2. The van der Waals surface area contributed by atoms with Gasteiger partial charge < -0.3 is 21.7 Å². The van der Waals surface area contributed by atoms with Crippen molar-refractivity contribution in [1.82, 2.24) is 0 Å². The molecule has 2 aliphatic rings. The number of hydrogen-bond acceptors (Lipinski definition) is 4. The summed E-state index contributed by atoms with van der Waals surface area (Å²) in [5, 5.41) is 17.2. The first kappa shape index (κ1) is 15.2. The molecule has 2 rings (SSSR count). The summed E-state index contributed by atoms with van der Waals surface area (Å²) in [6.45, 7) is 0. The molecule has 0 amide bonds. The molecule has 0 heterocycles. The number of rotatable bonds is 0. The smallest absolute Gasteiger partial charge is 0.188 e. The molecule has 5 heteroatoms. The molecule has 6 N–H and O–H groups in total. The van der Waals surface area contributed by atoms with Gasteiger partial charge in [0.2, 0.25) is 0 Å². The van der Waals surface area contributed by atoms with Crippen LogP contribution in [0.4, 0.5) is 0 Å². The first-order chi connectivity index (χ1) is 7.61. The van der Waals surface area contributed by atoms with E-state index in [4.69, 9.17) is 21.7 Å². The van der Waals surface area contributed by atoms with E-state index in [0.29, 0.717) is 11.1 Å². The van der Waals surface area contributed by atoms with Crippen LogP contribution >= 0.6 is 0 Å². The largest absolute Gasteiger partial charge is 0.495 e. The summed E-state index contributed by atoms with van der Waals surface area (Å²) in [5.74, 6) is -0.231. The van der Waals surface area contributed by atoms with Crippen LogP contribution in [0.25, 0.3) is 0 Å². The van der Waals surface area contributed by atoms with Crippen molar-refractivity contribution in [2.24, 2.45) is 11.5 Å². The fourth-order valence-electron chi connectivity index (χ4n) is 1.09. The molecule has 4 nitrogen and oxygen atoms in total. The molecule has 0 unspecified atom stereocenters. The molecule has 0 saturated carbocycles. The van der Waals surface area contributed by atoms with Crippen molar-refractivity contribution in [3.63, 3.8) is 0 Å². The van der Waals surface area contributed by atoms with Gasteiger partial charge in [-0.2, -0.15) is 0 Å². The number of hydrogen-bond donors (Lipinski definition) is 4. The van der Waals surface area contributed by atoms with Gasteiger partial charge in [0.25, 0.3) is 0 Å². The quantitative estimate of drug-likeness (QED) is 0.399. The van der Waals surface area contributed by atoms with E-state index in [1.807, 2.05) is 24.3 Å². The summed E-state index contributed by atoms with van der Waals surface area (Å²) in [6, 6.07) is 0. The van der Waals surface area contributed by atoms with Gasteiger partial charge in [0.1, 0.15) is 0 Å². The Kier molecular flexibility index (Phi) is 6.63. The van der Waals surface area contributed by atoms with E-state index in [-0.39, 0.29) is 28.8 Å². The zero-order valence-electron chi connectivity index (χ0n) is 9.02. The molecule has 0 fully saturated rings. The van der Waals surface area contributed by atoms with Crippen LogP contribution in [0.15, 0.2) is 71.5 Å². The van der Waals surface area contributed by atoms with Crippen molar-refractivity contribution in [2.45, 2.75) is 0 Å². The third kappa shape index (κ3) is 5.15. The van der Waals surface area contributed by atoms with Crippen LogP contribution in [-0.2, 0) is 17.1 Å². The van der Waals surface area contributed by atoms with Crippen molar-refractivity contribution in [2.75, 3.05) is 0 Å². The Hall–Kier alpha value is -1.84. The van der Waals surface area contributed by atoms with E-state index in [1.165, 1.54) is 0 Å². The molecule has 0 atom stereocenters. The Morgan fingerprint density at radius 2 is 0.941 bits per heavy atom. The molecule has 0 bridgehead atoms. The molecule has 0 radical (unpaired) electrons. The average molecular weight is 274 g/mol. The second-order valence-electron chi connectivity index (χ2n) is 3.12.